The number of carbonyl (C=O) groups is 2. The first-order chi connectivity index (χ1) is 13.1. The van der Waals surface area contributed by atoms with Crippen LogP contribution >= 0.6 is 11.3 Å². The van der Waals surface area contributed by atoms with Crippen molar-refractivity contribution >= 4 is 23.2 Å². The number of aromatic nitrogens is 1. The number of rotatable bonds is 7. The second kappa shape index (κ2) is 9.09. The van der Waals surface area contributed by atoms with Crippen LogP contribution in [0.2, 0.25) is 0 Å². The van der Waals surface area contributed by atoms with Crippen LogP contribution < -0.4 is 15.4 Å². The molecule has 1 aromatic carbocycles. The molecule has 0 saturated heterocycles. The molecule has 0 radical (unpaired) electrons. The van der Waals surface area contributed by atoms with Crippen LogP contribution in [-0.2, 0) is 0 Å². The fourth-order valence-corrected chi connectivity index (χ4v) is 3.50. The molecule has 1 heterocycles. The maximum atomic E-state index is 14.2. The number of benzene rings is 1. The van der Waals surface area contributed by atoms with Gasteiger partial charge in [-0.2, -0.15) is 0 Å². The highest BCUT2D eigenvalue weighted by Crippen LogP contribution is 2.27. The molecule has 9 heteroatoms. The number of carbonyl (C=O) groups excluding carboxylic acids is 2. The van der Waals surface area contributed by atoms with Gasteiger partial charge < -0.3 is 15.4 Å². The average molecular weight is 411 g/mol. The minimum Gasteiger partial charge on any atom is -0.497 e. The van der Waals surface area contributed by atoms with Crippen molar-refractivity contribution < 1.29 is 23.1 Å². The highest BCUT2D eigenvalue weighted by atomic mass is 32.1. The normalized spacial score (nSPS) is 12.2. The van der Waals surface area contributed by atoms with E-state index < -0.39 is 29.1 Å². The third-order valence-electron chi connectivity index (χ3n) is 3.87. The van der Waals surface area contributed by atoms with Crippen molar-refractivity contribution in [2.24, 2.45) is 5.92 Å². The Balaban J connectivity index is 2.26. The van der Waals surface area contributed by atoms with E-state index in [1.807, 2.05) is 27.7 Å². The van der Waals surface area contributed by atoms with E-state index in [9.17, 15) is 18.4 Å². The average Bonchev–Trinajstić information content (AvgIpc) is 3.07. The number of halogens is 2. The lowest BCUT2D eigenvalue weighted by Gasteiger charge is -2.20. The molecule has 0 bridgehead atoms. The van der Waals surface area contributed by atoms with Gasteiger partial charge in [-0.15, -0.1) is 11.3 Å². The lowest BCUT2D eigenvalue weighted by Crippen LogP contribution is -2.33. The van der Waals surface area contributed by atoms with Gasteiger partial charge in [-0.25, -0.2) is 13.8 Å². The number of thiazole rings is 1. The Morgan fingerprint density at radius 2 is 1.68 bits per heavy atom. The SMILES string of the molecule is COc1cc(F)c(C(=O)N[C@H](c2nc(C(=O)NC(C)C)cs2)C(C)C)c(F)c1. The molecule has 2 amide bonds. The van der Waals surface area contributed by atoms with E-state index >= 15 is 0 Å². The van der Waals surface area contributed by atoms with E-state index in [4.69, 9.17) is 4.74 Å². The molecule has 0 aliphatic carbocycles. The van der Waals surface area contributed by atoms with Crippen LogP contribution in [0.25, 0.3) is 0 Å². The van der Waals surface area contributed by atoms with E-state index in [1.54, 1.807) is 5.38 Å². The largest absolute Gasteiger partial charge is 0.497 e. The molecule has 0 unspecified atom stereocenters. The number of ether oxygens (including phenoxy) is 1. The molecule has 6 nitrogen and oxygen atoms in total. The summed E-state index contributed by atoms with van der Waals surface area (Å²) in [4.78, 5) is 28.9. The van der Waals surface area contributed by atoms with Gasteiger partial charge in [0.1, 0.15) is 33.6 Å². The van der Waals surface area contributed by atoms with Gasteiger partial charge in [-0.05, 0) is 19.8 Å². The first-order valence-corrected chi connectivity index (χ1v) is 9.62. The lowest BCUT2D eigenvalue weighted by molar-refractivity contribution is 0.0916. The second-order valence-electron chi connectivity index (χ2n) is 6.86. The smallest absolute Gasteiger partial charge is 0.270 e. The van der Waals surface area contributed by atoms with Gasteiger partial charge in [0.25, 0.3) is 11.8 Å². The van der Waals surface area contributed by atoms with Crippen LogP contribution in [0.15, 0.2) is 17.5 Å². The number of methoxy groups -OCH3 is 1. The molecule has 0 spiro atoms. The molecule has 2 aromatic rings. The Labute approximate surface area is 166 Å². The van der Waals surface area contributed by atoms with Crippen LogP contribution in [-0.4, -0.2) is 29.9 Å². The molecular weight excluding hydrogens is 388 g/mol. The fourth-order valence-electron chi connectivity index (χ4n) is 2.48. The number of nitrogens with zero attached hydrogens (tertiary/aromatic N) is 1. The Morgan fingerprint density at radius 3 is 2.18 bits per heavy atom. The van der Waals surface area contributed by atoms with Crippen molar-refractivity contribution in [3.05, 3.63) is 45.4 Å². The summed E-state index contributed by atoms with van der Waals surface area (Å²) in [6.07, 6.45) is 0. The fraction of sp³-hybridized carbons (Fsp3) is 0.421. The first kappa shape index (κ1) is 21.7. The van der Waals surface area contributed by atoms with Gasteiger partial charge in [0.2, 0.25) is 0 Å². The summed E-state index contributed by atoms with van der Waals surface area (Å²) >= 11 is 1.20. The molecular formula is C19H23F2N3O3S. The highest BCUT2D eigenvalue weighted by molar-refractivity contribution is 7.09. The van der Waals surface area contributed by atoms with Crippen LogP contribution in [0.1, 0.15) is 59.6 Å². The minimum atomic E-state index is -1.02. The molecule has 0 aliphatic rings. The van der Waals surface area contributed by atoms with Gasteiger partial charge in [0.15, 0.2) is 0 Å². The molecule has 0 aliphatic heterocycles. The van der Waals surface area contributed by atoms with Crippen molar-refractivity contribution in [1.82, 2.24) is 15.6 Å². The lowest BCUT2D eigenvalue weighted by atomic mass is 10.0. The third-order valence-corrected chi connectivity index (χ3v) is 4.80. The molecule has 2 N–H and O–H groups in total. The minimum absolute atomic E-state index is 0.0207. The van der Waals surface area contributed by atoms with Gasteiger partial charge in [-0.1, -0.05) is 13.8 Å². The van der Waals surface area contributed by atoms with E-state index in [1.165, 1.54) is 18.4 Å². The maximum Gasteiger partial charge on any atom is 0.270 e. The zero-order valence-electron chi connectivity index (χ0n) is 16.3. The highest BCUT2D eigenvalue weighted by Gasteiger charge is 2.27. The Kier molecular flexibility index (Phi) is 7.06. The van der Waals surface area contributed by atoms with Crippen molar-refractivity contribution in [2.75, 3.05) is 7.11 Å². The quantitative estimate of drug-likeness (QED) is 0.728. The summed E-state index contributed by atoms with van der Waals surface area (Å²) in [5.41, 5.74) is -0.462. The van der Waals surface area contributed by atoms with Crippen LogP contribution in [0.4, 0.5) is 8.78 Å². The van der Waals surface area contributed by atoms with Gasteiger partial charge in [0.05, 0.1) is 13.2 Å². The molecule has 0 saturated carbocycles. The van der Waals surface area contributed by atoms with Crippen LogP contribution in [0.5, 0.6) is 5.75 Å². The maximum absolute atomic E-state index is 14.2. The van der Waals surface area contributed by atoms with Gasteiger partial charge >= 0.3 is 0 Å². The standard InChI is InChI=1S/C19H23F2N3O3S/c1-9(2)16(19-23-14(8-28-19)17(25)22-10(3)4)24-18(26)15-12(20)6-11(27-5)7-13(15)21/h6-10,16H,1-5H3,(H,22,25)(H,24,26)/t16-/m0/s1. The monoisotopic (exact) mass is 411 g/mol. The van der Waals surface area contributed by atoms with Crippen molar-refractivity contribution in [2.45, 2.75) is 39.8 Å². The van der Waals surface area contributed by atoms with E-state index in [0.29, 0.717) is 5.01 Å². The topological polar surface area (TPSA) is 80.3 Å². The third kappa shape index (κ3) is 5.03. The Hall–Kier alpha value is -2.55. The number of hydrogen-bond acceptors (Lipinski definition) is 5. The number of hydrogen-bond donors (Lipinski definition) is 2. The van der Waals surface area contributed by atoms with Crippen LogP contribution in [0, 0.1) is 17.6 Å². The molecule has 1 aromatic heterocycles. The summed E-state index contributed by atoms with van der Waals surface area (Å²) in [7, 11) is 1.28. The van der Waals surface area contributed by atoms with Crippen molar-refractivity contribution in [3.63, 3.8) is 0 Å². The van der Waals surface area contributed by atoms with Gasteiger partial charge in [0, 0.05) is 23.6 Å². The predicted octanol–water partition coefficient (Wildman–Crippen LogP) is 3.70. The molecule has 2 rings (SSSR count). The Morgan fingerprint density at radius 1 is 1.07 bits per heavy atom. The van der Waals surface area contributed by atoms with Crippen molar-refractivity contribution in [1.29, 1.82) is 0 Å². The van der Waals surface area contributed by atoms with Crippen molar-refractivity contribution in [3.8, 4) is 5.75 Å². The zero-order valence-corrected chi connectivity index (χ0v) is 17.1. The molecule has 28 heavy (non-hydrogen) atoms. The number of amides is 2. The summed E-state index contributed by atoms with van der Waals surface area (Å²) < 4.78 is 33.2. The zero-order chi connectivity index (χ0) is 21.0. The molecule has 0 fully saturated rings. The summed E-state index contributed by atoms with van der Waals surface area (Å²) in [5.74, 6) is -3.41. The molecule has 1 atom stereocenters. The van der Waals surface area contributed by atoms with E-state index in [-0.39, 0.29) is 29.3 Å². The second-order valence-corrected chi connectivity index (χ2v) is 7.75. The molecule has 152 valence electrons. The predicted molar refractivity (Wildman–Crippen MR) is 103 cm³/mol. The van der Waals surface area contributed by atoms with E-state index in [0.717, 1.165) is 12.1 Å². The summed E-state index contributed by atoms with van der Waals surface area (Å²) in [6, 6.07) is 1.23. The first-order valence-electron chi connectivity index (χ1n) is 8.74. The van der Waals surface area contributed by atoms with E-state index in [2.05, 4.69) is 15.6 Å². The van der Waals surface area contributed by atoms with Crippen LogP contribution in [0.3, 0.4) is 0 Å². The summed E-state index contributed by atoms with van der Waals surface area (Å²) in [5, 5.41) is 7.42. The summed E-state index contributed by atoms with van der Waals surface area (Å²) in [6.45, 7) is 7.34. The van der Waals surface area contributed by atoms with Gasteiger partial charge in [-0.3, -0.25) is 9.59 Å². The Bertz CT molecular complexity index is 845. The number of nitrogens with one attached hydrogen (secondary N) is 2.